The van der Waals surface area contributed by atoms with Gasteiger partial charge in [0, 0.05) is 25.2 Å². The molecule has 300 valence electrons. The Kier molecular flexibility index (Phi) is 14.4. The standard InChI is InChI=1S/C49H60O6Si2/c1-10-24-38(53-37(3)50)33-34-43-44(35-47(51)52-11-2)46(55-57(49(7,8)9,41-29-20-14-21-30-41)42-31-22-15-23-32-42)36-45(43)54-56(48(4,5)6,39-25-16-12-17-26-39)40-27-18-13-19-28-40/h1,12-23,25-34,38,43-46H,11,24,35-36H2,2-9H3/b34-33+/t38-,43+,44-,45+,46-/m1/s1. The summed E-state index contributed by atoms with van der Waals surface area (Å²) in [6, 6.07) is 42.4. The maximum atomic E-state index is 13.8. The van der Waals surface area contributed by atoms with Gasteiger partial charge in [-0.1, -0.05) is 169 Å². The molecular formula is C49H60O6Si2. The quantitative estimate of drug-likeness (QED) is 0.0526. The maximum Gasteiger partial charge on any atom is 0.306 e. The lowest BCUT2D eigenvalue weighted by Crippen LogP contribution is -2.68. The molecule has 0 saturated heterocycles. The zero-order chi connectivity index (χ0) is 41.3. The molecule has 0 heterocycles. The fourth-order valence-corrected chi connectivity index (χ4v) is 18.3. The molecule has 0 radical (unpaired) electrons. The predicted octanol–water partition coefficient (Wildman–Crippen LogP) is 7.98. The fourth-order valence-electron chi connectivity index (χ4n) is 8.86. The van der Waals surface area contributed by atoms with E-state index in [0.29, 0.717) is 6.42 Å². The van der Waals surface area contributed by atoms with E-state index in [1.165, 1.54) is 6.92 Å². The van der Waals surface area contributed by atoms with Gasteiger partial charge in [0.15, 0.2) is 0 Å². The number of carbonyl (C=O) groups excluding carboxylic acids is 2. The maximum absolute atomic E-state index is 13.8. The van der Waals surface area contributed by atoms with Crippen LogP contribution in [0, 0.1) is 24.2 Å². The van der Waals surface area contributed by atoms with Gasteiger partial charge in [-0.3, -0.25) is 9.59 Å². The summed E-state index contributed by atoms with van der Waals surface area (Å²) in [5.41, 5.74) is 0. The third kappa shape index (κ3) is 9.61. The van der Waals surface area contributed by atoms with Gasteiger partial charge >= 0.3 is 11.9 Å². The van der Waals surface area contributed by atoms with Crippen LogP contribution >= 0.6 is 0 Å². The van der Waals surface area contributed by atoms with E-state index in [1.807, 2.05) is 37.3 Å². The molecule has 57 heavy (non-hydrogen) atoms. The Morgan fingerprint density at radius 2 is 1.12 bits per heavy atom. The zero-order valence-corrected chi connectivity index (χ0v) is 36.9. The van der Waals surface area contributed by atoms with Crippen LogP contribution in [0.5, 0.6) is 0 Å². The Hall–Kier alpha value is -4.53. The Morgan fingerprint density at radius 3 is 1.47 bits per heavy atom. The highest BCUT2D eigenvalue weighted by atomic mass is 28.4. The number of benzene rings is 4. The molecule has 1 aliphatic rings. The van der Waals surface area contributed by atoms with Crippen molar-refractivity contribution in [2.45, 2.75) is 103 Å². The first-order valence-corrected chi connectivity index (χ1v) is 24.0. The van der Waals surface area contributed by atoms with Crippen molar-refractivity contribution in [2.24, 2.45) is 11.8 Å². The Labute approximate surface area is 343 Å². The van der Waals surface area contributed by atoms with Gasteiger partial charge in [0.1, 0.15) is 6.10 Å². The van der Waals surface area contributed by atoms with E-state index in [9.17, 15) is 9.59 Å². The molecule has 1 fully saturated rings. The van der Waals surface area contributed by atoms with Gasteiger partial charge in [0.2, 0.25) is 0 Å². The van der Waals surface area contributed by atoms with Crippen LogP contribution in [-0.4, -0.2) is 53.5 Å². The molecule has 4 aromatic rings. The average Bonchev–Trinajstić information content (AvgIpc) is 3.49. The van der Waals surface area contributed by atoms with Crippen LogP contribution < -0.4 is 20.7 Å². The molecule has 0 amide bonds. The lowest BCUT2D eigenvalue weighted by Gasteiger charge is -2.46. The molecule has 8 heteroatoms. The molecule has 5 rings (SSSR count). The molecule has 5 atom stereocenters. The first kappa shape index (κ1) is 43.6. The topological polar surface area (TPSA) is 71.1 Å². The van der Waals surface area contributed by atoms with Gasteiger partial charge in [0.25, 0.3) is 16.6 Å². The summed E-state index contributed by atoms with van der Waals surface area (Å²) < 4.78 is 27.3. The molecule has 0 spiro atoms. The van der Waals surface area contributed by atoms with Crippen molar-refractivity contribution < 1.29 is 27.9 Å². The summed E-state index contributed by atoms with van der Waals surface area (Å²) in [4.78, 5) is 26.0. The first-order chi connectivity index (χ1) is 27.2. The van der Waals surface area contributed by atoms with Gasteiger partial charge in [-0.15, -0.1) is 12.3 Å². The minimum absolute atomic E-state index is 0.125. The number of ether oxygens (including phenoxy) is 2. The van der Waals surface area contributed by atoms with Gasteiger partial charge < -0.3 is 18.3 Å². The highest BCUT2D eigenvalue weighted by molar-refractivity contribution is 7.00. The van der Waals surface area contributed by atoms with E-state index >= 15 is 0 Å². The molecule has 1 aliphatic carbocycles. The van der Waals surface area contributed by atoms with Crippen LogP contribution in [0.2, 0.25) is 10.1 Å². The van der Waals surface area contributed by atoms with Crippen LogP contribution in [0.15, 0.2) is 133 Å². The van der Waals surface area contributed by atoms with Crippen LogP contribution in [0.25, 0.3) is 0 Å². The highest BCUT2D eigenvalue weighted by Crippen LogP contribution is 2.48. The van der Waals surface area contributed by atoms with Gasteiger partial charge in [0.05, 0.1) is 25.2 Å². The van der Waals surface area contributed by atoms with Crippen LogP contribution in [0.3, 0.4) is 0 Å². The van der Waals surface area contributed by atoms with E-state index in [1.54, 1.807) is 0 Å². The van der Waals surface area contributed by atoms with Gasteiger partial charge in [-0.2, -0.15) is 0 Å². The van der Waals surface area contributed by atoms with Crippen molar-refractivity contribution in [1.29, 1.82) is 0 Å². The molecule has 0 aromatic heterocycles. The number of rotatable bonds is 15. The lowest BCUT2D eigenvalue weighted by atomic mass is 9.90. The third-order valence-electron chi connectivity index (χ3n) is 11.2. The number of hydrogen-bond acceptors (Lipinski definition) is 6. The lowest BCUT2D eigenvalue weighted by molar-refractivity contribution is -0.145. The summed E-state index contributed by atoms with van der Waals surface area (Å²) in [6.07, 6.45) is 9.17. The van der Waals surface area contributed by atoms with E-state index in [2.05, 4.69) is 151 Å². The molecule has 0 N–H and O–H groups in total. The summed E-state index contributed by atoms with van der Waals surface area (Å²) in [7, 11) is -6.21. The van der Waals surface area contributed by atoms with Gasteiger partial charge in [-0.25, -0.2) is 0 Å². The molecule has 0 unspecified atom stereocenters. The summed E-state index contributed by atoms with van der Waals surface area (Å²) in [5, 5.41) is 4.03. The molecule has 1 saturated carbocycles. The normalized spacial score (nSPS) is 19.5. The fraction of sp³-hybridized carbons (Fsp3) is 0.388. The molecule has 0 aliphatic heterocycles. The monoisotopic (exact) mass is 800 g/mol. The van der Waals surface area contributed by atoms with Gasteiger partial charge in [-0.05, 0) is 50.2 Å². The van der Waals surface area contributed by atoms with Crippen LogP contribution in [0.1, 0.15) is 74.7 Å². The highest BCUT2D eigenvalue weighted by Gasteiger charge is 2.58. The molecular weight excluding hydrogens is 741 g/mol. The third-order valence-corrected chi connectivity index (χ3v) is 21.4. The molecule has 4 aromatic carbocycles. The van der Waals surface area contributed by atoms with E-state index < -0.39 is 34.8 Å². The summed E-state index contributed by atoms with van der Waals surface area (Å²) >= 11 is 0. The Morgan fingerprint density at radius 1 is 0.719 bits per heavy atom. The van der Waals surface area contributed by atoms with Crippen LogP contribution in [0.4, 0.5) is 0 Å². The SMILES string of the molecule is C#CC[C@H](/C=C/[C@H]1[C@@H](CC(=O)OCC)[C@H](O[Si](c2ccccc2)(c2ccccc2)C(C)(C)C)C[C@@H]1O[Si](c1ccccc1)(c1ccccc1)C(C)(C)C)OC(C)=O. The van der Waals surface area contributed by atoms with E-state index in [-0.39, 0.29) is 53.4 Å². The second-order valence-electron chi connectivity index (χ2n) is 17.1. The molecule has 0 bridgehead atoms. The summed E-state index contributed by atoms with van der Waals surface area (Å²) in [5.74, 6) is 1.30. The number of hydrogen-bond donors (Lipinski definition) is 0. The Balaban J connectivity index is 1.77. The van der Waals surface area contributed by atoms with Crippen LogP contribution in [-0.2, 0) is 27.9 Å². The summed E-state index contributed by atoms with van der Waals surface area (Å²) in [6.45, 7) is 17.1. The van der Waals surface area contributed by atoms with Crippen molar-refractivity contribution in [3.63, 3.8) is 0 Å². The number of carbonyl (C=O) groups is 2. The number of terminal acetylenes is 1. The first-order valence-electron chi connectivity index (χ1n) is 20.2. The van der Waals surface area contributed by atoms with Crippen molar-refractivity contribution in [3.05, 3.63) is 133 Å². The van der Waals surface area contributed by atoms with Crippen molar-refractivity contribution >= 4 is 49.3 Å². The average molecular weight is 801 g/mol. The van der Waals surface area contributed by atoms with E-state index in [4.69, 9.17) is 24.7 Å². The van der Waals surface area contributed by atoms with Crippen molar-refractivity contribution in [2.75, 3.05) is 6.61 Å². The van der Waals surface area contributed by atoms with Crippen molar-refractivity contribution in [3.8, 4) is 12.3 Å². The Bertz CT molecular complexity index is 1880. The molecule has 6 nitrogen and oxygen atoms in total. The van der Waals surface area contributed by atoms with Crippen molar-refractivity contribution in [1.82, 2.24) is 0 Å². The minimum Gasteiger partial charge on any atom is -0.466 e. The smallest absolute Gasteiger partial charge is 0.306 e. The second kappa shape index (κ2) is 18.8. The van der Waals surface area contributed by atoms with E-state index in [0.717, 1.165) is 20.7 Å². The predicted molar refractivity (Wildman–Crippen MR) is 236 cm³/mol. The minimum atomic E-state index is -3.10. The zero-order valence-electron chi connectivity index (χ0n) is 34.9. The second-order valence-corrected chi connectivity index (χ2v) is 25.6. The number of esters is 2. The largest absolute Gasteiger partial charge is 0.466 e.